The molecule has 21 heavy (non-hydrogen) atoms. The Morgan fingerprint density at radius 3 is 1.90 bits per heavy atom. The number of para-hydroxylation sites is 1. The first-order chi connectivity index (χ1) is 10.0. The third-order valence-corrected chi connectivity index (χ3v) is 3.58. The van der Waals surface area contributed by atoms with Gasteiger partial charge in [-0.3, -0.25) is 4.79 Å². The number of rotatable bonds is 5. The molecule has 0 atom stereocenters. The normalized spacial score (nSPS) is 11.0. The Hall–Kier alpha value is -2.09. The van der Waals surface area contributed by atoms with E-state index in [1.54, 1.807) is 0 Å². The van der Waals surface area contributed by atoms with Crippen molar-refractivity contribution in [2.45, 2.75) is 39.8 Å². The Bertz CT molecular complexity index is 594. The second-order valence-electron chi connectivity index (χ2n) is 5.81. The average Bonchev–Trinajstić information content (AvgIpc) is 2.47. The predicted octanol–water partition coefficient (Wildman–Crippen LogP) is 4.54. The highest BCUT2D eigenvalue weighted by Gasteiger charge is 2.21. The molecule has 0 fully saturated rings. The van der Waals surface area contributed by atoms with Crippen molar-refractivity contribution in [3.8, 4) is 0 Å². The second-order valence-corrected chi connectivity index (χ2v) is 5.81. The molecule has 2 heteroatoms. The molecule has 0 aliphatic rings. The van der Waals surface area contributed by atoms with Crippen molar-refractivity contribution in [1.82, 2.24) is 0 Å². The molecule has 0 unspecified atom stereocenters. The molecular formula is C19H23NO. The van der Waals surface area contributed by atoms with Crippen LogP contribution in [0, 0.1) is 0 Å². The van der Waals surface area contributed by atoms with Crippen LogP contribution >= 0.6 is 0 Å². The van der Waals surface area contributed by atoms with Crippen LogP contribution in [0.1, 0.15) is 43.6 Å². The summed E-state index contributed by atoms with van der Waals surface area (Å²) in [6, 6.07) is 18.0. The summed E-state index contributed by atoms with van der Waals surface area (Å²) in [7, 11) is 0. The summed E-state index contributed by atoms with van der Waals surface area (Å²) in [5.74, 6) is 0.0810. The largest absolute Gasteiger partial charge is 0.366 e. The molecule has 0 heterocycles. The highest BCUT2D eigenvalue weighted by Crippen LogP contribution is 2.26. The molecule has 0 spiro atoms. The first-order valence-corrected chi connectivity index (χ1v) is 7.49. The molecule has 2 aromatic carbocycles. The Morgan fingerprint density at radius 1 is 0.810 bits per heavy atom. The van der Waals surface area contributed by atoms with Gasteiger partial charge in [-0.2, -0.15) is 0 Å². The third-order valence-electron chi connectivity index (χ3n) is 3.58. The summed E-state index contributed by atoms with van der Waals surface area (Å²) in [6.07, 6.45) is 0. The zero-order chi connectivity index (χ0) is 15.4. The van der Waals surface area contributed by atoms with E-state index >= 15 is 0 Å². The van der Waals surface area contributed by atoms with E-state index in [4.69, 9.17) is 0 Å². The van der Waals surface area contributed by atoms with Crippen molar-refractivity contribution in [3.63, 3.8) is 0 Å². The van der Waals surface area contributed by atoms with E-state index in [2.05, 4.69) is 32.6 Å². The van der Waals surface area contributed by atoms with Crippen LogP contribution < -0.4 is 4.90 Å². The molecule has 0 N–H and O–H groups in total. The highest BCUT2D eigenvalue weighted by molar-refractivity contribution is 6.12. The van der Waals surface area contributed by atoms with Crippen LogP contribution in [-0.2, 0) is 0 Å². The highest BCUT2D eigenvalue weighted by atomic mass is 16.1. The lowest BCUT2D eigenvalue weighted by atomic mass is 10.00. The zero-order valence-electron chi connectivity index (χ0n) is 13.2. The lowest BCUT2D eigenvalue weighted by Gasteiger charge is -2.34. The van der Waals surface area contributed by atoms with Crippen molar-refractivity contribution in [3.05, 3.63) is 65.7 Å². The van der Waals surface area contributed by atoms with E-state index in [1.165, 1.54) is 0 Å². The van der Waals surface area contributed by atoms with Crippen LogP contribution in [0.2, 0.25) is 0 Å². The first kappa shape index (κ1) is 15.3. The SMILES string of the molecule is CC(C)N(c1ccccc1C(=O)c1ccccc1)C(C)C. The molecule has 0 aliphatic carbocycles. The van der Waals surface area contributed by atoms with Gasteiger partial charge in [-0.05, 0) is 39.8 Å². The van der Waals surface area contributed by atoms with Crippen LogP contribution in [0.25, 0.3) is 0 Å². The van der Waals surface area contributed by atoms with Gasteiger partial charge in [-0.25, -0.2) is 0 Å². The summed E-state index contributed by atoms with van der Waals surface area (Å²) in [4.78, 5) is 15.1. The Balaban J connectivity index is 2.48. The summed E-state index contributed by atoms with van der Waals surface area (Å²) in [5, 5.41) is 0. The monoisotopic (exact) mass is 281 g/mol. The van der Waals surface area contributed by atoms with Crippen LogP contribution in [0.15, 0.2) is 54.6 Å². The lowest BCUT2D eigenvalue weighted by molar-refractivity contribution is 0.103. The molecule has 110 valence electrons. The molecule has 0 radical (unpaired) electrons. The van der Waals surface area contributed by atoms with Crippen LogP contribution in [0.4, 0.5) is 5.69 Å². The fraction of sp³-hybridized carbons (Fsp3) is 0.316. The van der Waals surface area contributed by atoms with Gasteiger partial charge in [-0.1, -0.05) is 42.5 Å². The van der Waals surface area contributed by atoms with E-state index < -0.39 is 0 Å². The Labute approximate surface area is 127 Å². The maximum Gasteiger partial charge on any atom is 0.195 e. The second kappa shape index (κ2) is 6.57. The minimum absolute atomic E-state index is 0.0810. The summed E-state index contributed by atoms with van der Waals surface area (Å²) < 4.78 is 0. The molecular weight excluding hydrogens is 258 g/mol. The van der Waals surface area contributed by atoms with Crippen molar-refractivity contribution < 1.29 is 4.79 Å². The number of benzene rings is 2. The summed E-state index contributed by atoms with van der Waals surface area (Å²) in [5.41, 5.74) is 2.51. The average molecular weight is 281 g/mol. The van der Waals surface area contributed by atoms with Crippen LogP contribution in [-0.4, -0.2) is 17.9 Å². The number of hydrogen-bond acceptors (Lipinski definition) is 2. The van der Waals surface area contributed by atoms with Gasteiger partial charge >= 0.3 is 0 Å². The molecule has 2 nitrogen and oxygen atoms in total. The smallest absolute Gasteiger partial charge is 0.195 e. The molecule has 0 saturated carbocycles. The van der Waals surface area contributed by atoms with Gasteiger partial charge in [0.15, 0.2) is 5.78 Å². The maximum absolute atomic E-state index is 12.8. The van der Waals surface area contributed by atoms with Crippen LogP contribution in [0.5, 0.6) is 0 Å². The number of hydrogen-bond donors (Lipinski definition) is 0. The molecule has 0 aromatic heterocycles. The van der Waals surface area contributed by atoms with E-state index in [1.807, 2.05) is 54.6 Å². The van der Waals surface area contributed by atoms with Crippen molar-refractivity contribution in [2.75, 3.05) is 4.90 Å². The first-order valence-electron chi connectivity index (χ1n) is 7.49. The number of nitrogens with zero attached hydrogens (tertiary/aromatic N) is 1. The van der Waals surface area contributed by atoms with Crippen molar-refractivity contribution in [1.29, 1.82) is 0 Å². The van der Waals surface area contributed by atoms with E-state index in [9.17, 15) is 4.79 Å². The molecule has 0 bridgehead atoms. The zero-order valence-corrected chi connectivity index (χ0v) is 13.2. The minimum Gasteiger partial charge on any atom is -0.366 e. The van der Waals surface area contributed by atoms with Gasteiger partial charge in [0.2, 0.25) is 0 Å². The van der Waals surface area contributed by atoms with Gasteiger partial charge in [0.25, 0.3) is 0 Å². The van der Waals surface area contributed by atoms with E-state index in [0.29, 0.717) is 12.1 Å². The van der Waals surface area contributed by atoms with E-state index in [0.717, 1.165) is 16.8 Å². The number of ketones is 1. The van der Waals surface area contributed by atoms with Gasteiger partial charge in [0.05, 0.1) is 0 Å². The Morgan fingerprint density at radius 2 is 1.33 bits per heavy atom. The maximum atomic E-state index is 12.8. The number of carbonyl (C=O) groups excluding carboxylic acids is 1. The van der Waals surface area contributed by atoms with Gasteiger partial charge < -0.3 is 4.90 Å². The van der Waals surface area contributed by atoms with Gasteiger partial charge in [0.1, 0.15) is 0 Å². The van der Waals surface area contributed by atoms with Crippen molar-refractivity contribution in [2.24, 2.45) is 0 Å². The lowest BCUT2D eigenvalue weighted by Crippen LogP contribution is -2.38. The number of anilines is 1. The van der Waals surface area contributed by atoms with Crippen molar-refractivity contribution >= 4 is 11.5 Å². The molecule has 0 saturated heterocycles. The van der Waals surface area contributed by atoms with Gasteiger partial charge in [0, 0.05) is 28.9 Å². The molecule has 2 rings (SSSR count). The fourth-order valence-electron chi connectivity index (χ4n) is 2.79. The van der Waals surface area contributed by atoms with E-state index in [-0.39, 0.29) is 5.78 Å². The fourth-order valence-corrected chi connectivity index (χ4v) is 2.79. The minimum atomic E-state index is 0.0810. The number of carbonyl (C=O) groups is 1. The van der Waals surface area contributed by atoms with Crippen LogP contribution in [0.3, 0.4) is 0 Å². The predicted molar refractivity (Wildman–Crippen MR) is 89.1 cm³/mol. The van der Waals surface area contributed by atoms with Gasteiger partial charge in [-0.15, -0.1) is 0 Å². The quantitative estimate of drug-likeness (QED) is 0.750. The molecule has 0 amide bonds. The molecule has 0 aliphatic heterocycles. The third kappa shape index (κ3) is 3.33. The summed E-state index contributed by atoms with van der Waals surface area (Å²) in [6.45, 7) is 8.63. The molecule has 2 aromatic rings. The Kier molecular flexibility index (Phi) is 4.79. The summed E-state index contributed by atoms with van der Waals surface area (Å²) >= 11 is 0. The standard InChI is InChI=1S/C19H23NO/c1-14(2)20(15(3)4)18-13-9-8-12-17(18)19(21)16-10-6-5-7-11-16/h5-15H,1-4H3. The topological polar surface area (TPSA) is 20.3 Å².